The fraction of sp³-hybridized carbons (Fsp3) is 0.364. The molecule has 1 heterocycles. The van der Waals surface area contributed by atoms with E-state index in [1.54, 1.807) is 4.90 Å². The van der Waals surface area contributed by atoms with Gasteiger partial charge in [0.15, 0.2) is 11.5 Å². The zero-order valence-electron chi connectivity index (χ0n) is 8.72. The molecule has 2 rings (SSSR count). The second-order valence-electron chi connectivity index (χ2n) is 3.61. The molecule has 1 aromatic carbocycles. The van der Waals surface area contributed by atoms with Crippen molar-refractivity contribution in [1.29, 1.82) is 0 Å². The molecule has 1 aliphatic rings. The molecule has 86 valence electrons. The summed E-state index contributed by atoms with van der Waals surface area (Å²) in [6, 6.07) is 4.07. The number of carbonyl (C=O) groups excluding carboxylic acids is 1. The number of hydrogen-bond donors (Lipinski definition) is 2. The number of carbonyl (C=O) groups is 1. The molecule has 0 unspecified atom stereocenters. The minimum Gasteiger partial charge on any atom is -0.504 e. The van der Waals surface area contributed by atoms with Crippen LogP contribution in [0.1, 0.15) is 10.4 Å². The van der Waals surface area contributed by atoms with Gasteiger partial charge in [-0.25, -0.2) is 0 Å². The van der Waals surface area contributed by atoms with Crippen molar-refractivity contribution in [3.05, 3.63) is 23.8 Å². The molecule has 0 saturated carbocycles. The number of benzene rings is 1. The molecule has 1 aromatic rings. The van der Waals surface area contributed by atoms with Crippen LogP contribution in [0.5, 0.6) is 11.5 Å². The van der Waals surface area contributed by atoms with Gasteiger partial charge in [-0.05, 0) is 18.2 Å². The summed E-state index contributed by atoms with van der Waals surface area (Å²) < 4.78 is 5.15. The molecule has 1 fully saturated rings. The van der Waals surface area contributed by atoms with Crippen molar-refractivity contribution in [3.8, 4) is 11.5 Å². The van der Waals surface area contributed by atoms with Crippen molar-refractivity contribution in [2.75, 3.05) is 26.3 Å². The van der Waals surface area contributed by atoms with Gasteiger partial charge < -0.3 is 19.8 Å². The first kappa shape index (κ1) is 10.8. The quantitative estimate of drug-likeness (QED) is 0.683. The van der Waals surface area contributed by atoms with E-state index in [1.165, 1.54) is 18.2 Å². The average Bonchev–Trinajstić information content (AvgIpc) is 2.33. The fourth-order valence-electron chi connectivity index (χ4n) is 1.61. The predicted molar refractivity (Wildman–Crippen MR) is 56.5 cm³/mol. The minimum atomic E-state index is -0.279. The van der Waals surface area contributed by atoms with Crippen molar-refractivity contribution >= 4 is 5.91 Å². The molecule has 0 atom stereocenters. The molecular weight excluding hydrogens is 210 g/mol. The SMILES string of the molecule is O=C(c1ccc(O)c(O)c1)N1CCOCC1. The molecule has 1 amide bonds. The van der Waals surface area contributed by atoms with Gasteiger partial charge in [-0.2, -0.15) is 0 Å². The molecule has 1 aliphatic heterocycles. The number of amides is 1. The first-order valence-electron chi connectivity index (χ1n) is 5.07. The van der Waals surface area contributed by atoms with Crippen molar-refractivity contribution in [3.63, 3.8) is 0 Å². The Morgan fingerprint density at radius 3 is 2.50 bits per heavy atom. The Balaban J connectivity index is 2.16. The Morgan fingerprint density at radius 2 is 1.88 bits per heavy atom. The summed E-state index contributed by atoms with van der Waals surface area (Å²) in [5.41, 5.74) is 0.372. The molecule has 16 heavy (non-hydrogen) atoms. The van der Waals surface area contributed by atoms with E-state index in [-0.39, 0.29) is 17.4 Å². The predicted octanol–water partition coefficient (Wildman–Crippen LogP) is 0.570. The van der Waals surface area contributed by atoms with Crippen molar-refractivity contribution in [2.45, 2.75) is 0 Å². The summed E-state index contributed by atoms with van der Waals surface area (Å²) in [4.78, 5) is 13.6. The summed E-state index contributed by atoms with van der Waals surface area (Å²) in [5.74, 6) is -0.656. The van der Waals surface area contributed by atoms with Crippen LogP contribution in [0.2, 0.25) is 0 Å². The Bertz CT molecular complexity index is 399. The Morgan fingerprint density at radius 1 is 1.19 bits per heavy atom. The summed E-state index contributed by atoms with van der Waals surface area (Å²) in [7, 11) is 0. The Labute approximate surface area is 92.9 Å². The average molecular weight is 223 g/mol. The van der Waals surface area contributed by atoms with Gasteiger partial charge in [0.25, 0.3) is 5.91 Å². The van der Waals surface area contributed by atoms with Crippen molar-refractivity contribution in [2.24, 2.45) is 0 Å². The molecule has 2 N–H and O–H groups in total. The van der Waals surface area contributed by atoms with Crippen molar-refractivity contribution in [1.82, 2.24) is 4.90 Å². The third-order valence-corrected chi connectivity index (χ3v) is 2.52. The van der Waals surface area contributed by atoms with Crippen LogP contribution < -0.4 is 0 Å². The van der Waals surface area contributed by atoms with Gasteiger partial charge in [0.2, 0.25) is 0 Å². The lowest BCUT2D eigenvalue weighted by Gasteiger charge is -2.26. The highest BCUT2D eigenvalue weighted by Gasteiger charge is 2.19. The first-order chi connectivity index (χ1) is 7.68. The summed E-state index contributed by atoms with van der Waals surface area (Å²) in [6.07, 6.45) is 0. The number of ether oxygens (including phenoxy) is 1. The second kappa shape index (κ2) is 4.40. The second-order valence-corrected chi connectivity index (χ2v) is 3.61. The van der Waals surface area contributed by atoms with E-state index in [2.05, 4.69) is 0 Å². The molecule has 0 spiro atoms. The zero-order valence-corrected chi connectivity index (χ0v) is 8.72. The number of nitrogens with zero attached hydrogens (tertiary/aromatic N) is 1. The van der Waals surface area contributed by atoms with Crippen LogP contribution in [0.3, 0.4) is 0 Å². The van der Waals surface area contributed by atoms with Crippen molar-refractivity contribution < 1.29 is 19.7 Å². The zero-order chi connectivity index (χ0) is 11.5. The fourth-order valence-corrected chi connectivity index (χ4v) is 1.61. The molecule has 0 aliphatic carbocycles. The van der Waals surface area contributed by atoms with Crippen LogP contribution in [-0.2, 0) is 4.74 Å². The van der Waals surface area contributed by atoms with Gasteiger partial charge >= 0.3 is 0 Å². The standard InChI is InChI=1S/C11H13NO4/c13-9-2-1-8(7-10(9)14)11(15)12-3-5-16-6-4-12/h1-2,7,13-14H,3-6H2. The van der Waals surface area contributed by atoms with Crippen LogP contribution in [-0.4, -0.2) is 47.3 Å². The highest BCUT2D eigenvalue weighted by atomic mass is 16.5. The van der Waals surface area contributed by atoms with Crippen LogP contribution in [0, 0.1) is 0 Å². The molecule has 0 aromatic heterocycles. The number of morpholine rings is 1. The van der Waals surface area contributed by atoms with E-state index in [4.69, 9.17) is 9.84 Å². The highest BCUT2D eigenvalue weighted by Crippen LogP contribution is 2.25. The van der Waals surface area contributed by atoms with Crippen LogP contribution >= 0.6 is 0 Å². The van der Waals surface area contributed by atoms with E-state index in [1.807, 2.05) is 0 Å². The van der Waals surface area contributed by atoms with E-state index in [0.717, 1.165) is 0 Å². The van der Waals surface area contributed by atoms with Gasteiger partial charge in [-0.3, -0.25) is 4.79 Å². The number of rotatable bonds is 1. The topological polar surface area (TPSA) is 70.0 Å². The first-order valence-corrected chi connectivity index (χ1v) is 5.07. The molecule has 1 saturated heterocycles. The summed E-state index contributed by atoms with van der Waals surface area (Å²) in [6.45, 7) is 2.19. The normalized spacial score (nSPS) is 16.1. The maximum Gasteiger partial charge on any atom is 0.254 e. The molecule has 5 heteroatoms. The van der Waals surface area contributed by atoms with Gasteiger partial charge in [0, 0.05) is 18.7 Å². The van der Waals surface area contributed by atoms with Gasteiger partial charge in [-0.1, -0.05) is 0 Å². The van der Waals surface area contributed by atoms with Crippen LogP contribution in [0.15, 0.2) is 18.2 Å². The molecule has 0 bridgehead atoms. The van der Waals surface area contributed by atoms with E-state index in [9.17, 15) is 9.90 Å². The largest absolute Gasteiger partial charge is 0.504 e. The molecule has 5 nitrogen and oxygen atoms in total. The molecule has 0 radical (unpaired) electrons. The maximum atomic E-state index is 11.9. The van der Waals surface area contributed by atoms with Crippen LogP contribution in [0.4, 0.5) is 0 Å². The summed E-state index contributed by atoms with van der Waals surface area (Å²) in [5, 5.41) is 18.4. The van der Waals surface area contributed by atoms with E-state index < -0.39 is 0 Å². The lowest BCUT2D eigenvalue weighted by Crippen LogP contribution is -2.40. The van der Waals surface area contributed by atoms with Gasteiger partial charge in [-0.15, -0.1) is 0 Å². The highest BCUT2D eigenvalue weighted by molar-refractivity contribution is 5.94. The summed E-state index contributed by atoms with van der Waals surface area (Å²) >= 11 is 0. The smallest absolute Gasteiger partial charge is 0.254 e. The lowest BCUT2D eigenvalue weighted by atomic mass is 10.1. The minimum absolute atomic E-state index is 0.154. The van der Waals surface area contributed by atoms with E-state index >= 15 is 0 Å². The maximum absolute atomic E-state index is 11.9. The van der Waals surface area contributed by atoms with E-state index in [0.29, 0.717) is 31.9 Å². The molecular formula is C11H13NO4. The third-order valence-electron chi connectivity index (χ3n) is 2.52. The Hall–Kier alpha value is -1.75. The lowest BCUT2D eigenvalue weighted by molar-refractivity contribution is 0.0302. The monoisotopic (exact) mass is 223 g/mol. The Kier molecular flexibility index (Phi) is 2.96. The number of phenolic OH excluding ortho intramolecular Hbond substituents is 2. The number of phenols is 2. The van der Waals surface area contributed by atoms with Gasteiger partial charge in [0.05, 0.1) is 13.2 Å². The third kappa shape index (κ3) is 2.09. The number of aromatic hydroxyl groups is 2. The number of hydrogen-bond acceptors (Lipinski definition) is 4. The van der Waals surface area contributed by atoms with Crippen LogP contribution in [0.25, 0.3) is 0 Å². The van der Waals surface area contributed by atoms with Gasteiger partial charge in [0.1, 0.15) is 0 Å².